The Kier molecular flexibility index (Phi) is 13.5. The molecule has 3 saturated heterocycles. The van der Waals surface area contributed by atoms with Crippen LogP contribution in [0.1, 0.15) is 81.6 Å². The van der Waals surface area contributed by atoms with Gasteiger partial charge in [-0.3, -0.25) is 9.59 Å². The van der Waals surface area contributed by atoms with Crippen LogP contribution >= 0.6 is 0 Å². The summed E-state index contributed by atoms with van der Waals surface area (Å²) in [6, 6.07) is -0.304. The van der Waals surface area contributed by atoms with E-state index in [0.29, 0.717) is 12.1 Å². The lowest BCUT2D eigenvalue weighted by Crippen LogP contribution is -2.60. The van der Waals surface area contributed by atoms with Crippen molar-refractivity contribution in [3.63, 3.8) is 0 Å². The molecule has 3 aliphatic rings. The number of rotatable bonds is 5. The van der Waals surface area contributed by atoms with E-state index in [0.717, 1.165) is 0 Å². The number of aliphatic hydroxyl groups is 2. The van der Waals surface area contributed by atoms with Gasteiger partial charge < -0.3 is 49.0 Å². The van der Waals surface area contributed by atoms with Gasteiger partial charge in [0.2, 0.25) is 0 Å². The summed E-state index contributed by atoms with van der Waals surface area (Å²) in [7, 11) is 3.71. The van der Waals surface area contributed by atoms with Crippen molar-refractivity contribution in [2.24, 2.45) is 28.8 Å². The van der Waals surface area contributed by atoms with Gasteiger partial charge in [0.05, 0.1) is 48.6 Å². The van der Waals surface area contributed by atoms with Gasteiger partial charge in [0.25, 0.3) is 0 Å². The Balaban J connectivity index is 2.29. The molecule has 14 nitrogen and oxygen atoms in total. The fourth-order valence-corrected chi connectivity index (χ4v) is 7.46. The Bertz CT molecular complexity index is 1210. The van der Waals surface area contributed by atoms with E-state index in [1.165, 1.54) is 20.8 Å². The monoisotopic (exact) mass is 683 g/mol. The van der Waals surface area contributed by atoms with Gasteiger partial charge in [-0.25, -0.2) is 4.79 Å². The first-order valence-electron chi connectivity index (χ1n) is 16.9. The van der Waals surface area contributed by atoms with E-state index < -0.39 is 83.3 Å². The molecule has 13 atom stereocenters. The van der Waals surface area contributed by atoms with Crippen LogP contribution in [0, 0.1) is 29.1 Å². The second kappa shape index (κ2) is 16.1. The molecule has 0 spiro atoms. The third-order valence-corrected chi connectivity index (χ3v) is 10.1. The lowest BCUT2D eigenvalue weighted by atomic mass is 9.74. The summed E-state index contributed by atoms with van der Waals surface area (Å²) in [5, 5.41) is 36.4. The molecule has 14 heteroatoms. The number of carbonyl (C=O) groups excluding carboxylic acids is 3. The quantitative estimate of drug-likeness (QED) is 0.167. The molecule has 3 fully saturated rings. The zero-order chi connectivity index (χ0) is 36.3. The molecule has 0 aliphatic carbocycles. The number of oxime groups is 1. The van der Waals surface area contributed by atoms with E-state index in [1.807, 2.05) is 32.8 Å². The van der Waals surface area contributed by atoms with E-state index >= 15 is 0 Å². The van der Waals surface area contributed by atoms with Crippen molar-refractivity contribution in [3.05, 3.63) is 0 Å². The maximum absolute atomic E-state index is 14.2. The lowest BCUT2D eigenvalue weighted by molar-refractivity contribution is -0.296. The predicted molar refractivity (Wildman–Crippen MR) is 175 cm³/mol. The summed E-state index contributed by atoms with van der Waals surface area (Å²) in [6.45, 7) is 14.3. The highest BCUT2D eigenvalue weighted by Gasteiger charge is 2.53. The number of nitrogens with zero attached hydrogens (tertiary/aromatic N) is 2. The zero-order valence-corrected chi connectivity index (χ0v) is 30.3. The second-order valence-electron chi connectivity index (χ2n) is 14.5. The van der Waals surface area contributed by atoms with Gasteiger partial charge in [-0.2, -0.15) is 0 Å². The standard InChI is InChI=1S/C34H57N3O11/c1-12-25-34(9,42)30-19(4)26(36-48-22(7)38)17(2)14-33(8,44-16-23(35)15-43-30)29(20(5)27(39)21(6)31(41)46-25)47-32-28(40)24(37(10)11)13-18(3)45-32/h17-21,24-25,28-30,32,35,40,42H,12-16H2,1-11H3/b35-23?,36-26+/t17-,18-,19+,20+,21-,24+,25-,28-,29-,30+,32+,33-,34-/m1/s1. The van der Waals surface area contributed by atoms with Crippen LogP contribution in [-0.4, -0.2) is 126 Å². The number of fused-ring (bicyclic) bond motifs is 5. The largest absolute Gasteiger partial charge is 0.459 e. The molecule has 0 saturated carbocycles. The van der Waals surface area contributed by atoms with Crippen LogP contribution in [0.5, 0.6) is 0 Å². The summed E-state index contributed by atoms with van der Waals surface area (Å²) in [4.78, 5) is 46.8. The zero-order valence-electron chi connectivity index (χ0n) is 30.3. The number of nitrogens with one attached hydrogen (secondary N) is 1. The number of ether oxygens (including phenoxy) is 5. The summed E-state index contributed by atoms with van der Waals surface area (Å²) in [5.41, 5.74) is -2.80. The predicted octanol–water partition coefficient (Wildman–Crippen LogP) is 2.50. The number of carbonyl (C=O) groups is 3. The van der Waals surface area contributed by atoms with E-state index in [1.54, 1.807) is 27.7 Å². The highest BCUT2D eigenvalue weighted by atomic mass is 16.7. The van der Waals surface area contributed by atoms with E-state index in [4.69, 9.17) is 33.9 Å². The van der Waals surface area contributed by atoms with Crippen molar-refractivity contribution in [3.8, 4) is 0 Å². The molecule has 3 rings (SSSR count). The fourth-order valence-electron chi connectivity index (χ4n) is 7.46. The molecule has 3 heterocycles. The highest BCUT2D eigenvalue weighted by molar-refractivity contribution is 6.00. The molecule has 0 amide bonds. The number of cyclic esters (lactones) is 1. The number of ketones is 1. The summed E-state index contributed by atoms with van der Waals surface area (Å²) in [6.07, 6.45) is -4.97. The van der Waals surface area contributed by atoms with E-state index in [-0.39, 0.29) is 43.9 Å². The van der Waals surface area contributed by atoms with Crippen molar-refractivity contribution in [2.45, 2.75) is 136 Å². The van der Waals surface area contributed by atoms with Crippen molar-refractivity contribution >= 4 is 29.1 Å². The van der Waals surface area contributed by atoms with Crippen LogP contribution in [0.3, 0.4) is 0 Å². The molecule has 48 heavy (non-hydrogen) atoms. The highest BCUT2D eigenvalue weighted by Crippen LogP contribution is 2.40. The van der Waals surface area contributed by atoms with Gasteiger partial charge in [-0.05, 0) is 61.1 Å². The Hall–Kier alpha value is -2.33. The second-order valence-corrected chi connectivity index (χ2v) is 14.5. The minimum Gasteiger partial charge on any atom is -0.459 e. The summed E-state index contributed by atoms with van der Waals surface area (Å²) >= 11 is 0. The molecule has 0 unspecified atom stereocenters. The molecule has 0 aromatic carbocycles. The minimum atomic E-state index is -1.82. The Morgan fingerprint density at radius 2 is 1.75 bits per heavy atom. The Labute approximate surface area is 284 Å². The van der Waals surface area contributed by atoms with Crippen LogP contribution in [0.2, 0.25) is 0 Å². The van der Waals surface area contributed by atoms with E-state index in [2.05, 4.69) is 5.16 Å². The van der Waals surface area contributed by atoms with Crippen LogP contribution in [0.15, 0.2) is 5.16 Å². The third kappa shape index (κ3) is 8.87. The Morgan fingerprint density at radius 1 is 1.10 bits per heavy atom. The van der Waals surface area contributed by atoms with Crippen molar-refractivity contribution in [2.75, 3.05) is 27.3 Å². The van der Waals surface area contributed by atoms with Gasteiger partial charge in [-0.15, -0.1) is 0 Å². The topological polar surface area (TPSA) is 186 Å². The summed E-state index contributed by atoms with van der Waals surface area (Å²) in [5.74, 6) is -5.48. The molecule has 2 bridgehead atoms. The van der Waals surface area contributed by atoms with Crippen LogP contribution in [-0.2, 0) is 42.9 Å². The molecule has 3 aliphatic heterocycles. The number of esters is 1. The smallest absolute Gasteiger partial charge is 0.331 e. The number of hydrogen-bond acceptors (Lipinski definition) is 14. The normalized spacial score (nSPS) is 43.2. The maximum atomic E-state index is 14.2. The molecule has 3 N–H and O–H groups in total. The van der Waals surface area contributed by atoms with Gasteiger partial charge in [0.15, 0.2) is 12.1 Å². The molecule has 0 aromatic heterocycles. The van der Waals surface area contributed by atoms with Crippen molar-refractivity contribution in [1.82, 2.24) is 4.90 Å². The van der Waals surface area contributed by atoms with Gasteiger partial charge >= 0.3 is 11.9 Å². The average Bonchev–Trinajstić information content (AvgIpc) is 3.01. The van der Waals surface area contributed by atoms with Crippen molar-refractivity contribution < 1.29 is 53.1 Å². The fraction of sp³-hybridized carbons (Fsp3) is 0.853. The lowest BCUT2D eigenvalue weighted by Gasteiger charge is -2.47. The average molecular weight is 684 g/mol. The van der Waals surface area contributed by atoms with Crippen LogP contribution in [0.4, 0.5) is 0 Å². The number of likely N-dealkylation sites (N-methyl/N-ethyl adjacent to an activating group) is 1. The van der Waals surface area contributed by atoms with Gasteiger partial charge in [-0.1, -0.05) is 32.9 Å². The molecule has 0 radical (unpaired) electrons. The SMILES string of the molecule is CC[C@H]1OC(=O)[C@H](C)C(=O)[C@H](C)[C@@H](O[C@@H]2O[C@H](C)C[C@H](N(C)C)[C@H]2O)[C@@]2(C)C[C@@H](C)/C(=N\OC(C)=O)[C@H](C)[C@H](OCC(=N)CO2)[C@]1(C)O. The molecule has 0 aromatic rings. The van der Waals surface area contributed by atoms with Crippen LogP contribution < -0.4 is 0 Å². The molecular weight excluding hydrogens is 626 g/mol. The first kappa shape index (κ1) is 40.1. The summed E-state index contributed by atoms with van der Waals surface area (Å²) < 4.78 is 31.3. The minimum absolute atomic E-state index is 0.0449. The van der Waals surface area contributed by atoms with Crippen molar-refractivity contribution in [1.29, 1.82) is 5.41 Å². The maximum Gasteiger partial charge on any atom is 0.331 e. The van der Waals surface area contributed by atoms with E-state index in [9.17, 15) is 24.6 Å². The number of aliphatic hydroxyl groups excluding tert-OH is 1. The molecular formula is C34H57N3O11. The first-order chi connectivity index (χ1) is 22.2. The number of hydrogen-bond donors (Lipinski definition) is 3. The third-order valence-electron chi connectivity index (χ3n) is 10.1. The molecule has 274 valence electrons. The Morgan fingerprint density at radius 3 is 2.33 bits per heavy atom. The first-order valence-corrected chi connectivity index (χ1v) is 16.9. The van der Waals surface area contributed by atoms with Gasteiger partial charge in [0.1, 0.15) is 23.7 Å². The number of Topliss-reactive ketones (excluding diaryl/α,β-unsaturated/α-hetero) is 1. The van der Waals surface area contributed by atoms with Crippen LogP contribution in [0.25, 0.3) is 0 Å². The van der Waals surface area contributed by atoms with Gasteiger partial charge in [0, 0.05) is 30.7 Å².